The second-order valence-electron chi connectivity index (χ2n) is 4.23. The topological polar surface area (TPSA) is 40.1 Å². The Labute approximate surface area is 118 Å². The Kier molecular flexibility index (Phi) is 5.45. The third kappa shape index (κ3) is 4.51. The average molecular weight is 252 g/mol. The minimum absolute atomic E-state index is 0. The molecule has 0 saturated heterocycles. The fraction of sp³-hybridized carbons (Fsp3) is 0.400. The van der Waals surface area contributed by atoms with Gasteiger partial charge >= 0.3 is 29.6 Å². The molecule has 0 aliphatic rings. The normalized spacial score (nSPS) is 15.2. The molecule has 0 heterocycles. The quantitative estimate of drug-likeness (QED) is 0.616. The molecule has 0 aromatic heterocycles. The Morgan fingerprint density at radius 3 is 1.87 bits per heavy atom. The zero-order valence-corrected chi connectivity index (χ0v) is 13.1. The van der Waals surface area contributed by atoms with Crippen LogP contribution in [0.25, 0.3) is 0 Å². The Hall–Kier alpha value is 0.550. The van der Waals surface area contributed by atoms with Gasteiger partial charge in [-0.05, 0) is 43.1 Å². The molecule has 0 radical (unpaired) electrons. The first-order valence-electron chi connectivity index (χ1n) is 4.28. The van der Waals surface area contributed by atoms with Crippen LogP contribution in [-0.4, -0.2) is 8.76 Å². The zero-order chi connectivity index (χ0) is 11.0. The maximum atomic E-state index is 11.0. The van der Waals surface area contributed by atoms with Crippen LogP contribution in [-0.2, 0) is 25.4 Å². The van der Waals surface area contributed by atoms with Crippen molar-refractivity contribution in [3.8, 4) is 0 Å². The maximum absolute atomic E-state index is 11.0. The van der Waals surface area contributed by atoms with E-state index in [1.165, 1.54) is 0 Å². The summed E-state index contributed by atoms with van der Waals surface area (Å²) in [6.45, 7) is 6.22. The second-order valence-corrected chi connectivity index (χ2v) is 6.92. The summed E-state index contributed by atoms with van der Waals surface area (Å²) in [7, 11) is -3.48. The van der Waals surface area contributed by atoms with E-state index in [9.17, 15) is 8.76 Å². The first-order valence-corrected chi connectivity index (χ1v) is 6.68. The molecule has 1 unspecified atom stereocenters. The summed E-state index contributed by atoms with van der Waals surface area (Å²) in [5.74, 6) is 0. The van der Waals surface area contributed by atoms with Crippen molar-refractivity contribution in [1.82, 2.24) is 0 Å². The molecule has 0 amide bonds. The summed E-state index contributed by atoms with van der Waals surface area (Å²) < 4.78 is 22.0. The standard InChI is InChI=1S/C10H14O2S2.Na/c1-10(2,3)8-4-6-9(7-5-8)14(11,12)13;/h4-7H,1-3H3,(H,11,12,13);/q;+1/p-1. The van der Waals surface area contributed by atoms with Crippen LogP contribution in [0.1, 0.15) is 26.3 Å². The smallest absolute Gasteiger partial charge is 0.766 e. The van der Waals surface area contributed by atoms with Gasteiger partial charge in [0.25, 0.3) is 0 Å². The summed E-state index contributed by atoms with van der Waals surface area (Å²) >= 11 is 4.36. The number of hydrogen-bond donors (Lipinski definition) is 0. The van der Waals surface area contributed by atoms with Crippen molar-refractivity contribution in [2.75, 3.05) is 0 Å². The molecule has 0 aliphatic carbocycles. The molecule has 0 aliphatic heterocycles. The third-order valence-electron chi connectivity index (χ3n) is 2.01. The van der Waals surface area contributed by atoms with Crippen molar-refractivity contribution in [2.24, 2.45) is 0 Å². The average Bonchev–Trinajstić information content (AvgIpc) is 2.01. The molecule has 2 nitrogen and oxygen atoms in total. The van der Waals surface area contributed by atoms with Gasteiger partial charge in [0, 0.05) is 4.90 Å². The predicted molar refractivity (Wildman–Crippen MR) is 59.7 cm³/mol. The van der Waals surface area contributed by atoms with Gasteiger partial charge in [-0.3, -0.25) is 4.21 Å². The van der Waals surface area contributed by atoms with Crippen LogP contribution in [0, 0.1) is 0 Å². The van der Waals surface area contributed by atoms with Crippen molar-refractivity contribution in [1.29, 1.82) is 0 Å². The van der Waals surface area contributed by atoms with Crippen molar-refractivity contribution in [3.63, 3.8) is 0 Å². The van der Waals surface area contributed by atoms with Gasteiger partial charge in [-0.2, -0.15) is 0 Å². The van der Waals surface area contributed by atoms with Gasteiger partial charge in [-0.1, -0.05) is 32.9 Å². The summed E-state index contributed by atoms with van der Waals surface area (Å²) in [5, 5.41) is 0. The zero-order valence-electron chi connectivity index (χ0n) is 9.44. The van der Waals surface area contributed by atoms with E-state index in [0.29, 0.717) is 0 Å². The summed E-state index contributed by atoms with van der Waals surface area (Å²) in [6, 6.07) is 6.73. The number of hydrogen-bond acceptors (Lipinski definition) is 3. The van der Waals surface area contributed by atoms with Gasteiger partial charge in [-0.15, -0.1) is 0 Å². The van der Waals surface area contributed by atoms with Crippen LogP contribution in [0.3, 0.4) is 0 Å². The van der Waals surface area contributed by atoms with Crippen molar-refractivity contribution in [2.45, 2.75) is 31.1 Å². The molecule has 1 rings (SSSR count). The fourth-order valence-corrected chi connectivity index (χ4v) is 1.92. The number of benzene rings is 1. The minimum Gasteiger partial charge on any atom is -0.766 e. The van der Waals surface area contributed by atoms with E-state index in [-0.39, 0.29) is 39.9 Å². The molecular weight excluding hydrogens is 239 g/mol. The van der Waals surface area contributed by atoms with E-state index < -0.39 is 8.77 Å². The van der Waals surface area contributed by atoms with Crippen molar-refractivity contribution >= 4 is 20.0 Å². The van der Waals surface area contributed by atoms with Crippen LogP contribution >= 0.6 is 0 Å². The van der Waals surface area contributed by atoms with Crippen LogP contribution < -0.4 is 29.6 Å². The van der Waals surface area contributed by atoms with E-state index in [1.54, 1.807) is 24.3 Å². The summed E-state index contributed by atoms with van der Waals surface area (Å²) in [5.41, 5.74) is 1.13. The van der Waals surface area contributed by atoms with E-state index in [0.717, 1.165) is 5.56 Å². The molecule has 15 heavy (non-hydrogen) atoms. The maximum Gasteiger partial charge on any atom is 1.00 e. The SMILES string of the molecule is CC(C)(C)c1ccc(S(=O)([O-])=S)cc1.[Na+]. The van der Waals surface area contributed by atoms with E-state index in [1.807, 2.05) is 0 Å². The first-order chi connectivity index (χ1) is 6.21. The molecular formula is C10H13NaO2S2. The van der Waals surface area contributed by atoms with E-state index in [4.69, 9.17) is 0 Å². The van der Waals surface area contributed by atoms with Crippen molar-refractivity contribution in [3.05, 3.63) is 29.8 Å². The molecule has 1 atom stereocenters. The molecule has 0 N–H and O–H groups in total. The third-order valence-corrected chi connectivity index (χ3v) is 3.44. The molecule has 78 valence electrons. The van der Waals surface area contributed by atoms with Crippen LogP contribution in [0.4, 0.5) is 0 Å². The summed E-state index contributed by atoms with van der Waals surface area (Å²) in [6.07, 6.45) is 0. The van der Waals surface area contributed by atoms with Gasteiger partial charge in [0.15, 0.2) is 0 Å². The molecule has 0 fully saturated rings. The molecule has 0 bridgehead atoms. The van der Waals surface area contributed by atoms with Gasteiger partial charge in [-0.25, -0.2) is 0 Å². The first kappa shape index (κ1) is 15.6. The molecule has 1 aromatic carbocycles. The van der Waals surface area contributed by atoms with Crippen LogP contribution in [0.15, 0.2) is 29.2 Å². The van der Waals surface area contributed by atoms with Crippen LogP contribution in [0.2, 0.25) is 0 Å². The Bertz CT molecular complexity index is 416. The number of rotatable bonds is 1. The largest absolute Gasteiger partial charge is 1.00 e. The minimum atomic E-state index is -3.48. The van der Waals surface area contributed by atoms with Gasteiger partial charge in [0.2, 0.25) is 0 Å². The molecule has 0 saturated carbocycles. The predicted octanol–water partition coefficient (Wildman–Crippen LogP) is -0.776. The molecule has 5 heteroatoms. The van der Waals surface area contributed by atoms with E-state index >= 15 is 0 Å². The molecule has 1 aromatic rings. The van der Waals surface area contributed by atoms with Gasteiger partial charge in [0.1, 0.15) is 0 Å². The monoisotopic (exact) mass is 252 g/mol. The summed E-state index contributed by atoms with van der Waals surface area (Å²) in [4.78, 5) is 0.195. The second kappa shape index (κ2) is 5.25. The van der Waals surface area contributed by atoms with Crippen LogP contribution in [0.5, 0.6) is 0 Å². The van der Waals surface area contributed by atoms with Gasteiger partial charge < -0.3 is 4.55 Å². The Morgan fingerprint density at radius 1 is 1.20 bits per heavy atom. The van der Waals surface area contributed by atoms with E-state index in [2.05, 4.69) is 32.0 Å². The fourth-order valence-electron chi connectivity index (χ4n) is 1.12. The van der Waals surface area contributed by atoms with Gasteiger partial charge in [0.05, 0.1) is 0 Å². The molecule has 0 spiro atoms. The Morgan fingerprint density at radius 2 is 1.60 bits per heavy atom. The van der Waals surface area contributed by atoms with Crippen molar-refractivity contribution < 1.29 is 38.3 Å². The Balaban J connectivity index is 0.00000196.